The molecule has 0 radical (unpaired) electrons. The van der Waals surface area contributed by atoms with Crippen molar-refractivity contribution in [2.45, 2.75) is 38.6 Å². The van der Waals surface area contributed by atoms with Crippen LogP contribution in [-0.4, -0.2) is 31.2 Å². The average molecular weight is 276 g/mol. The number of hydrogen-bond acceptors (Lipinski definition) is 3. The zero-order valence-corrected chi connectivity index (χ0v) is 12.5. The van der Waals surface area contributed by atoms with Crippen molar-refractivity contribution < 1.29 is 9.90 Å². The monoisotopic (exact) mass is 276 g/mol. The van der Waals surface area contributed by atoms with Gasteiger partial charge in [0.05, 0.1) is 5.92 Å². The molecule has 2 atom stereocenters. The molecule has 0 aromatic heterocycles. The summed E-state index contributed by atoms with van der Waals surface area (Å²) >= 11 is 0. The first-order valence-electron chi connectivity index (χ1n) is 7.24. The number of rotatable bonds is 4. The van der Waals surface area contributed by atoms with Crippen molar-refractivity contribution in [1.29, 1.82) is 0 Å². The van der Waals surface area contributed by atoms with Gasteiger partial charge in [-0.25, -0.2) is 0 Å². The molecule has 0 spiro atoms. The molecule has 20 heavy (non-hydrogen) atoms. The van der Waals surface area contributed by atoms with E-state index >= 15 is 0 Å². The van der Waals surface area contributed by atoms with E-state index in [0.717, 1.165) is 31.4 Å². The van der Waals surface area contributed by atoms with Gasteiger partial charge in [-0.2, -0.15) is 0 Å². The second-order valence-corrected chi connectivity index (χ2v) is 5.94. The highest BCUT2D eigenvalue weighted by Gasteiger charge is 2.26. The van der Waals surface area contributed by atoms with Gasteiger partial charge in [-0.05, 0) is 49.9 Å². The second kappa shape index (κ2) is 6.16. The number of benzene rings is 1. The van der Waals surface area contributed by atoms with Crippen molar-refractivity contribution in [3.8, 4) is 0 Å². The van der Waals surface area contributed by atoms with Crippen molar-refractivity contribution in [2.24, 2.45) is 5.92 Å². The lowest BCUT2D eigenvalue weighted by molar-refractivity contribution is -0.142. The minimum atomic E-state index is -0.656. The topological polar surface area (TPSA) is 52.6 Å². The molecule has 2 unspecified atom stereocenters. The summed E-state index contributed by atoms with van der Waals surface area (Å²) in [7, 11) is 4.06. The molecule has 0 aliphatic heterocycles. The number of anilines is 2. The van der Waals surface area contributed by atoms with Gasteiger partial charge in [0, 0.05) is 31.5 Å². The van der Waals surface area contributed by atoms with Crippen LogP contribution in [0.4, 0.5) is 11.4 Å². The molecule has 1 saturated carbocycles. The Morgan fingerprint density at radius 1 is 1.35 bits per heavy atom. The highest BCUT2D eigenvalue weighted by atomic mass is 16.4. The fourth-order valence-electron chi connectivity index (χ4n) is 2.85. The zero-order chi connectivity index (χ0) is 14.7. The van der Waals surface area contributed by atoms with E-state index in [-0.39, 0.29) is 12.0 Å². The smallest absolute Gasteiger partial charge is 0.306 e. The quantitative estimate of drug-likeness (QED) is 0.887. The van der Waals surface area contributed by atoms with Crippen LogP contribution in [0.5, 0.6) is 0 Å². The highest BCUT2D eigenvalue weighted by Crippen LogP contribution is 2.29. The first kappa shape index (κ1) is 14.7. The summed E-state index contributed by atoms with van der Waals surface area (Å²) in [4.78, 5) is 13.2. The van der Waals surface area contributed by atoms with E-state index in [4.69, 9.17) is 5.11 Å². The van der Waals surface area contributed by atoms with Gasteiger partial charge in [0.1, 0.15) is 0 Å². The molecule has 0 bridgehead atoms. The van der Waals surface area contributed by atoms with Gasteiger partial charge >= 0.3 is 5.97 Å². The largest absolute Gasteiger partial charge is 0.481 e. The fraction of sp³-hybridized carbons (Fsp3) is 0.562. The molecule has 1 aromatic carbocycles. The molecular weight excluding hydrogens is 252 g/mol. The number of carboxylic acid groups (broad SMARTS) is 1. The number of hydrogen-bond donors (Lipinski definition) is 2. The number of aryl methyl sites for hydroxylation is 1. The Morgan fingerprint density at radius 3 is 2.70 bits per heavy atom. The van der Waals surface area contributed by atoms with Crippen LogP contribution in [0.25, 0.3) is 0 Å². The number of aliphatic carboxylic acids is 1. The van der Waals surface area contributed by atoms with Gasteiger partial charge in [0.2, 0.25) is 0 Å². The summed E-state index contributed by atoms with van der Waals surface area (Å²) in [6.07, 6.45) is 3.58. The van der Waals surface area contributed by atoms with Crippen molar-refractivity contribution in [3.63, 3.8) is 0 Å². The molecule has 2 N–H and O–H groups in total. The van der Waals surface area contributed by atoms with Gasteiger partial charge in [-0.1, -0.05) is 6.42 Å². The van der Waals surface area contributed by atoms with Crippen molar-refractivity contribution in [1.82, 2.24) is 0 Å². The molecule has 4 nitrogen and oxygen atoms in total. The standard InChI is InChI=1S/C16H24N2O2/c1-11-9-14(18(2)3)7-8-15(11)17-13-6-4-5-12(10-13)16(19)20/h7-9,12-13,17H,4-6,10H2,1-3H3,(H,19,20). The number of carboxylic acids is 1. The minimum Gasteiger partial charge on any atom is -0.481 e. The summed E-state index contributed by atoms with van der Waals surface area (Å²) in [5.41, 5.74) is 3.50. The molecule has 4 heteroatoms. The Hall–Kier alpha value is -1.71. The Morgan fingerprint density at radius 2 is 2.10 bits per heavy atom. The number of nitrogens with zero attached hydrogens (tertiary/aromatic N) is 1. The van der Waals surface area contributed by atoms with Crippen molar-refractivity contribution in [2.75, 3.05) is 24.3 Å². The minimum absolute atomic E-state index is 0.192. The van der Waals surface area contributed by atoms with E-state index < -0.39 is 5.97 Å². The van der Waals surface area contributed by atoms with E-state index in [2.05, 4.69) is 35.3 Å². The molecular formula is C16H24N2O2. The van der Waals surface area contributed by atoms with Gasteiger partial charge in [0.25, 0.3) is 0 Å². The molecule has 2 rings (SSSR count). The first-order chi connectivity index (χ1) is 9.47. The lowest BCUT2D eigenvalue weighted by Gasteiger charge is -2.29. The lowest BCUT2D eigenvalue weighted by atomic mass is 9.85. The third-order valence-corrected chi connectivity index (χ3v) is 4.11. The summed E-state index contributed by atoms with van der Waals surface area (Å²) in [5, 5.41) is 12.7. The fourth-order valence-corrected chi connectivity index (χ4v) is 2.85. The number of carbonyl (C=O) groups is 1. The summed E-state index contributed by atoms with van der Waals surface area (Å²) in [6.45, 7) is 2.09. The van der Waals surface area contributed by atoms with Crippen LogP contribution in [0.15, 0.2) is 18.2 Å². The average Bonchev–Trinajstić information content (AvgIpc) is 2.41. The maximum absolute atomic E-state index is 11.1. The van der Waals surface area contributed by atoms with Crippen molar-refractivity contribution >= 4 is 17.3 Å². The zero-order valence-electron chi connectivity index (χ0n) is 12.5. The van der Waals surface area contributed by atoms with Crippen LogP contribution in [-0.2, 0) is 4.79 Å². The maximum Gasteiger partial charge on any atom is 0.306 e. The van der Waals surface area contributed by atoms with Crippen molar-refractivity contribution in [3.05, 3.63) is 23.8 Å². The normalized spacial score (nSPS) is 22.4. The maximum atomic E-state index is 11.1. The molecule has 0 heterocycles. The third-order valence-electron chi connectivity index (χ3n) is 4.11. The van der Waals surface area contributed by atoms with Gasteiger partial charge in [-0.3, -0.25) is 4.79 Å². The predicted octanol–water partition coefficient (Wildman–Crippen LogP) is 3.12. The van der Waals surface area contributed by atoms with Crippen LogP contribution < -0.4 is 10.2 Å². The lowest BCUT2D eigenvalue weighted by Crippen LogP contribution is -2.31. The first-order valence-corrected chi connectivity index (χ1v) is 7.24. The molecule has 1 aromatic rings. The van der Waals surface area contributed by atoms with Crippen LogP contribution >= 0.6 is 0 Å². The molecule has 0 saturated heterocycles. The number of nitrogens with one attached hydrogen (secondary N) is 1. The van der Waals surface area contributed by atoms with Gasteiger partial charge < -0.3 is 15.3 Å². The Labute approximate surface area is 120 Å². The van der Waals surface area contributed by atoms with E-state index in [9.17, 15) is 4.79 Å². The SMILES string of the molecule is Cc1cc(N(C)C)ccc1NC1CCCC(C(=O)O)C1. The summed E-state index contributed by atoms with van der Waals surface area (Å²) in [6, 6.07) is 6.61. The molecule has 1 aliphatic carbocycles. The second-order valence-electron chi connectivity index (χ2n) is 5.94. The van der Waals surface area contributed by atoms with Crippen LogP contribution in [0.2, 0.25) is 0 Å². The van der Waals surface area contributed by atoms with E-state index in [1.165, 1.54) is 11.3 Å². The molecule has 0 amide bonds. The summed E-state index contributed by atoms with van der Waals surface area (Å²) in [5.74, 6) is -0.848. The van der Waals surface area contributed by atoms with Crippen LogP contribution in [0.1, 0.15) is 31.2 Å². The highest BCUT2D eigenvalue weighted by molar-refractivity contribution is 5.70. The third kappa shape index (κ3) is 3.44. The van der Waals surface area contributed by atoms with Crippen LogP contribution in [0.3, 0.4) is 0 Å². The van der Waals surface area contributed by atoms with Crippen LogP contribution in [0, 0.1) is 12.8 Å². The molecule has 110 valence electrons. The van der Waals surface area contributed by atoms with Gasteiger partial charge in [-0.15, -0.1) is 0 Å². The summed E-state index contributed by atoms with van der Waals surface area (Å²) < 4.78 is 0. The molecule has 1 aliphatic rings. The Kier molecular flexibility index (Phi) is 4.53. The molecule has 1 fully saturated rings. The van der Waals surface area contributed by atoms with E-state index in [0.29, 0.717) is 0 Å². The Bertz CT molecular complexity index is 485. The van der Waals surface area contributed by atoms with Gasteiger partial charge in [0.15, 0.2) is 0 Å². The van der Waals surface area contributed by atoms with E-state index in [1.807, 2.05) is 14.1 Å². The predicted molar refractivity (Wildman–Crippen MR) is 82.5 cm³/mol. The van der Waals surface area contributed by atoms with E-state index in [1.54, 1.807) is 0 Å². The Balaban J connectivity index is 2.04.